The van der Waals surface area contributed by atoms with Gasteiger partial charge in [0.2, 0.25) is 5.91 Å². The highest BCUT2D eigenvalue weighted by Gasteiger charge is 2.40. The van der Waals surface area contributed by atoms with Crippen LogP contribution in [0.4, 0.5) is 19.0 Å². The van der Waals surface area contributed by atoms with Gasteiger partial charge in [-0.25, -0.2) is 0 Å². The van der Waals surface area contributed by atoms with Gasteiger partial charge in [0.15, 0.2) is 11.9 Å². The van der Waals surface area contributed by atoms with Gasteiger partial charge < -0.3 is 20.5 Å². The van der Waals surface area contributed by atoms with E-state index in [0.717, 1.165) is 38.8 Å². The molecule has 198 valence electrons. The second kappa shape index (κ2) is 10.6. The molecule has 1 aliphatic carbocycles. The zero-order valence-electron chi connectivity index (χ0n) is 20.3. The lowest BCUT2D eigenvalue weighted by Gasteiger charge is -2.46. The number of nitrogens with one attached hydrogen (secondary N) is 2. The van der Waals surface area contributed by atoms with Crippen LogP contribution in [0.25, 0.3) is 10.9 Å². The Hall–Kier alpha value is -2.86. The van der Waals surface area contributed by atoms with Crippen molar-refractivity contribution in [3.63, 3.8) is 0 Å². The maximum absolute atomic E-state index is 12.9. The highest BCUT2D eigenvalue weighted by Crippen LogP contribution is 2.35. The number of fused-ring (bicyclic) bond motifs is 1. The molecule has 2 fully saturated rings. The summed E-state index contributed by atoms with van der Waals surface area (Å²) in [6.07, 6.45) is -3.87. The molecule has 1 saturated heterocycles. The average Bonchev–Trinajstić information content (AvgIpc) is 3.13. The number of carbonyl (C=O) groups excluding carboxylic acids is 2. The predicted molar refractivity (Wildman–Crippen MR) is 126 cm³/mol. The van der Waals surface area contributed by atoms with Crippen LogP contribution >= 0.6 is 0 Å². The van der Waals surface area contributed by atoms with E-state index in [4.69, 9.17) is 4.74 Å². The van der Waals surface area contributed by atoms with Crippen LogP contribution in [0.2, 0.25) is 0 Å². The Bertz CT molecular complexity index is 1090. The number of aryl methyl sites for hydroxylation is 1. The lowest BCUT2D eigenvalue weighted by molar-refractivity contribution is -0.206. The van der Waals surface area contributed by atoms with Crippen LogP contribution in [-0.4, -0.2) is 76.2 Å². The fraction of sp³-hybridized carbons (Fsp3) is 0.625. The number of likely N-dealkylation sites (tertiary alicyclic amines) is 1. The van der Waals surface area contributed by atoms with E-state index in [1.165, 1.54) is 22.9 Å². The number of amides is 1. The van der Waals surface area contributed by atoms with Crippen molar-refractivity contribution in [2.24, 2.45) is 13.0 Å². The summed E-state index contributed by atoms with van der Waals surface area (Å²) in [7, 11) is 1.65. The van der Waals surface area contributed by atoms with E-state index < -0.39 is 12.3 Å². The van der Waals surface area contributed by atoms with Crippen LogP contribution in [0, 0.1) is 5.92 Å². The standard InChI is InChI=1S/C24H32F3N5O4/c1-3-36-23(35)14-4-7-17(8-5-14)32-12-16(13-32)29-20(33)11-28-22-18-10-15(21(34)24(25,26)27)6-9-19(18)31(2)30-22/h6,9-10,14,16-17,21,34H,3-5,7-8,11-13H2,1-2H3,(H,28,30)(H,29,33)/t14-,17+,21?. The van der Waals surface area contributed by atoms with Gasteiger partial charge in [-0.15, -0.1) is 0 Å². The minimum Gasteiger partial charge on any atom is -0.466 e. The molecule has 0 radical (unpaired) electrons. The van der Waals surface area contributed by atoms with Crippen molar-refractivity contribution < 1.29 is 32.6 Å². The number of esters is 1. The topological polar surface area (TPSA) is 109 Å². The number of nitrogens with zero attached hydrogens (tertiary/aromatic N) is 3. The fourth-order valence-corrected chi connectivity index (χ4v) is 5.05. The van der Waals surface area contributed by atoms with Gasteiger partial charge in [0, 0.05) is 31.6 Å². The van der Waals surface area contributed by atoms with Gasteiger partial charge in [-0.3, -0.25) is 19.2 Å². The largest absolute Gasteiger partial charge is 0.466 e. The minimum atomic E-state index is -4.78. The maximum Gasteiger partial charge on any atom is 0.418 e. The van der Waals surface area contributed by atoms with Crippen molar-refractivity contribution in [3.05, 3.63) is 23.8 Å². The molecule has 2 heterocycles. The summed E-state index contributed by atoms with van der Waals surface area (Å²) in [5.74, 6) is -0.0893. The SMILES string of the molecule is CCOC(=O)[C@H]1CC[C@@H](N2CC(NC(=O)CNc3nn(C)c4ccc(C(O)C(F)(F)F)cc34)C2)CC1. The Balaban J connectivity index is 1.25. The number of carbonyl (C=O) groups is 2. The molecule has 1 atom stereocenters. The number of halogens is 3. The molecule has 2 aromatic rings. The summed E-state index contributed by atoms with van der Waals surface area (Å²) in [6.45, 7) is 3.61. The molecule has 0 spiro atoms. The van der Waals surface area contributed by atoms with Gasteiger partial charge >= 0.3 is 12.1 Å². The van der Waals surface area contributed by atoms with E-state index in [1.807, 2.05) is 6.92 Å². The smallest absolute Gasteiger partial charge is 0.418 e. The number of aliphatic hydroxyl groups is 1. The number of hydrogen-bond donors (Lipinski definition) is 3. The molecular formula is C24H32F3N5O4. The van der Waals surface area contributed by atoms with Gasteiger partial charge in [0.25, 0.3) is 0 Å². The van der Waals surface area contributed by atoms with Gasteiger partial charge in [0.05, 0.1) is 30.6 Å². The number of ether oxygens (including phenoxy) is 1. The average molecular weight is 512 g/mol. The second-order valence-electron chi connectivity index (χ2n) is 9.52. The van der Waals surface area contributed by atoms with Gasteiger partial charge in [-0.05, 0) is 50.3 Å². The highest BCUT2D eigenvalue weighted by atomic mass is 19.4. The first-order valence-electron chi connectivity index (χ1n) is 12.2. The van der Waals surface area contributed by atoms with E-state index in [-0.39, 0.29) is 41.8 Å². The van der Waals surface area contributed by atoms with Crippen LogP contribution in [0.5, 0.6) is 0 Å². The first-order valence-corrected chi connectivity index (χ1v) is 12.2. The van der Waals surface area contributed by atoms with Crippen LogP contribution in [0.3, 0.4) is 0 Å². The van der Waals surface area contributed by atoms with E-state index in [1.54, 1.807) is 7.05 Å². The van der Waals surface area contributed by atoms with Gasteiger partial charge in [0.1, 0.15) is 0 Å². The second-order valence-corrected chi connectivity index (χ2v) is 9.52. The normalized spacial score (nSPS) is 22.2. The molecule has 1 aromatic carbocycles. The van der Waals surface area contributed by atoms with Crippen molar-refractivity contribution in [1.82, 2.24) is 20.0 Å². The Morgan fingerprint density at radius 3 is 2.56 bits per heavy atom. The molecule has 36 heavy (non-hydrogen) atoms. The number of alkyl halides is 3. The molecule has 1 aromatic heterocycles. The highest BCUT2D eigenvalue weighted by molar-refractivity contribution is 5.92. The van der Waals surface area contributed by atoms with Gasteiger partial charge in [-0.1, -0.05) is 6.07 Å². The fourth-order valence-electron chi connectivity index (χ4n) is 5.05. The molecule has 1 amide bonds. The zero-order valence-corrected chi connectivity index (χ0v) is 20.3. The Morgan fingerprint density at radius 1 is 1.22 bits per heavy atom. The molecule has 9 nitrogen and oxygen atoms in total. The quantitative estimate of drug-likeness (QED) is 0.468. The Kier molecular flexibility index (Phi) is 7.74. The van der Waals surface area contributed by atoms with E-state index in [0.29, 0.717) is 23.6 Å². The summed E-state index contributed by atoms with van der Waals surface area (Å²) < 4.78 is 45.4. The predicted octanol–water partition coefficient (Wildman–Crippen LogP) is 2.50. The zero-order chi connectivity index (χ0) is 26.0. The molecular weight excluding hydrogens is 479 g/mol. The molecule has 1 saturated carbocycles. The molecule has 3 N–H and O–H groups in total. The Morgan fingerprint density at radius 2 is 1.92 bits per heavy atom. The summed E-state index contributed by atoms with van der Waals surface area (Å²) >= 11 is 0. The van der Waals surface area contributed by atoms with Gasteiger partial charge in [-0.2, -0.15) is 18.3 Å². The van der Waals surface area contributed by atoms with Crippen molar-refractivity contribution in [3.8, 4) is 0 Å². The molecule has 4 rings (SSSR count). The maximum atomic E-state index is 12.9. The number of rotatable bonds is 8. The van der Waals surface area contributed by atoms with Crippen LogP contribution in [0.1, 0.15) is 44.3 Å². The van der Waals surface area contributed by atoms with Crippen molar-refractivity contribution >= 4 is 28.6 Å². The lowest BCUT2D eigenvalue weighted by Crippen LogP contribution is -2.63. The number of hydrogen-bond acceptors (Lipinski definition) is 7. The third-order valence-corrected chi connectivity index (χ3v) is 7.02. The Labute approximate surface area is 206 Å². The van der Waals surface area contributed by atoms with Crippen molar-refractivity contribution in [1.29, 1.82) is 0 Å². The molecule has 2 aliphatic rings. The number of anilines is 1. The third kappa shape index (κ3) is 5.75. The van der Waals surface area contributed by atoms with E-state index in [9.17, 15) is 27.9 Å². The molecule has 1 aliphatic heterocycles. The summed E-state index contributed by atoms with van der Waals surface area (Å²) in [5.41, 5.74) is 0.282. The lowest BCUT2D eigenvalue weighted by atomic mass is 9.84. The third-order valence-electron chi connectivity index (χ3n) is 7.02. The minimum absolute atomic E-state index is 0.0143. The van der Waals surface area contributed by atoms with Crippen molar-refractivity contribution in [2.75, 3.05) is 31.6 Å². The first-order chi connectivity index (χ1) is 17.1. The molecule has 12 heteroatoms. The van der Waals surface area contributed by atoms with Crippen LogP contribution < -0.4 is 10.6 Å². The van der Waals surface area contributed by atoms with Crippen LogP contribution in [0.15, 0.2) is 18.2 Å². The molecule has 1 unspecified atom stereocenters. The summed E-state index contributed by atoms with van der Waals surface area (Å²) in [6, 6.07) is 4.34. The van der Waals surface area contributed by atoms with E-state index >= 15 is 0 Å². The van der Waals surface area contributed by atoms with Crippen molar-refractivity contribution in [2.45, 2.75) is 57.0 Å². The van der Waals surface area contributed by atoms with Crippen LogP contribution in [-0.2, 0) is 21.4 Å². The number of benzene rings is 1. The number of aromatic nitrogens is 2. The number of aliphatic hydroxyl groups excluding tert-OH is 1. The van der Waals surface area contributed by atoms with E-state index in [2.05, 4.69) is 20.6 Å². The first kappa shape index (κ1) is 26.2. The monoisotopic (exact) mass is 511 g/mol. The summed E-state index contributed by atoms with van der Waals surface area (Å²) in [4.78, 5) is 26.7. The summed E-state index contributed by atoms with van der Waals surface area (Å²) in [5, 5.41) is 20.1. The molecule has 0 bridgehead atoms.